The van der Waals surface area contributed by atoms with Crippen LogP contribution in [0.1, 0.15) is 22.8 Å². The van der Waals surface area contributed by atoms with Gasteiger partial charge in [-0.25, -0.2) is 8.42 Å². The van der Waals surface area contributed by atoms with E-state index in [-0.39, 0.29) is 11.4 Å². The van der Waals surface area contributed by atoms with Gasteiger partial charge in [-0.05, 0) is 47.9 Å². The van der Waals surface area contributed by atoms with Crippen LogP contribution in [0.25, 0.3) is 0 Å². The predicted molar refractivity (Wildman–Crippen MR) is 117 cm³/mol. The van der Waals surface area contributed by atoms with Gasteiger partial charge in [0.2, 0.25) is 10.0 Å². The third-order valence-corrected chi connectivity index (χ3v) is 7.49. The highest BCUT2D eigenvalue weighted by Crippen LogP contribution is 2.39. The highest BCUT2D eigenvalue weighted by atomic mass is 32.2. The molecule has 3 aromatic rings. The van der Waals surface area contributed by atoms with Crippen molar-refractivity contribution in [2.45, 2.75) is 30.0 Å². The van der Waals surface area contributed by atoms with Gasteiger partial charge in [-0.3, -0.25) is 4.98 Å². The number of nitrogens with zero attached hydrogens (tertiary/aromatic N) is 3. The Morgan fingerprint density at radius 2 is 1.63 bits per heavy atom. The van der Waals surface area contributed by atoms with Crippen molar-refractivity contribution in [2.75, 3.05) is 19.0 Å². The molecule has 1 aliphatic rings. The van der Waals surface area contributed by atoms with Crippen molar-refractivity contribution in [2.24, 2.45) is 0 Å². The maximum absolute atomic E-state index is 13.5. The van der Waals surface area contributed by atoms with Gasteiger partial charge in [0.1, 0.15) is 0 Å². The number of fused-ring (bicyclic) bond motifs is 1. The molecule has 0 saturated heterocycles. The van der Waals surface area contributed by atoms with Crippen LogP contribution in [-0.4, -0.2) is 43.0 Å². The summed E-state index contributed by atoms with van der Waals surface area (Å²) in [6.45, 7) is 0.177. The van der Waals surface area contributed by atoms with Crippen LogP contribution in [-0.2, 0) is 23.0 Å². The second kappa shape index (κ2) is 8.18. The number of sulfonamides is 1. The lowest BCUT2D eigenvalue weighted by molar-refractivity contribution is 0.0769. The van der Waals surface area contributed by atoms with E-state index in [1.807, 2.05) is 43.3 Å². The Kier molecular flexibility index (Phi) is 5.60. The number of aromatic nitrogens is 1. The van der Waals surface area contributed by atoms with E-state index in [0.29, 0.717) is 12.0 Å². The monoisotopic (exact) mass is 423 g/mol. The maximum Gasteiger partial charge on any atom is 0.244 e. The SMILES string of the molecule is CN(C)c1ccc(C[C@H]2[C@@H](O)c3ccccc3S(=O)(=O)N2Cc2ccncc2)cc1. The molecule has 0 radical (unpaired) electrons. The summed E-state index contributed by atoms with van der Waals surface area (Å²) in [7, 11) is 0.184. The smallest absolute Gasteiger partial charge is 0.244 e. The van der Waals surface area contributed by atoms with Gasteiger partial charge in [-0.2, -0.15) is 4.31 Å². The van der Waals surface area contributed by atoms with Crippen molar-refractivity contribution in [1.29, 1.82) is 0 Å². The quantitative estimate of drug-likeness (QED) is 0.683. The average Bonchev–Trinajstić information content (AvgIpc) is 2.76. The van der Waals surface area contributed by atoms with Crippen molar-refractivity contribution < 1.29 is 13.5 Å². The minimum atomic E-state index is -3.76. The summed E-state index contributed by atoms with van der Waals surface area (Å²) in [5.41, 5.74) is 3.32. The molecule has 0 unspecified atom stereocenters. The van der Waals surface area contributed by atoms with Crippen LogP contribution >= 0.6 is 0 Å². The van der Waals surface area contributed by atoms with E-state index in [1.54, 1.807) is 48.8 Å². The van der Waals surface area contributed by atoms with Crippen molar-refractivity contribution in [3.63, 3.8) is 0 Å². The van der Waals surface area contributed by atoms with Crippen LogP contribution in [0.2, 0.25) is 0 Å². The molecule has 0 saturated carbocycles. The van der Waals surface area contributed by atoms with Crippen molar-refractivity contribution in [1.82, 2.24) is 9.29 Å². The second-order valence-electron chi connectivity index (χ2n) is 7.72. The van der Waals surface area contributed by atoms with Gasteiger partial charge in [0.25, 0.3) is 0 Å². The van der Waals surface area contributed by atoms with Gasteiger partial charge >= 0.3 is 0 Å². The zero-order valence-electron chi connectivity index (χ0n) is 17.0. The normalized spacial score (nSPS) is 20.5. The van der Waals surface area contributed by atoms with Crippen LogP contribution in [0.3, 0.4) is 0 Å². The summed E-state index contributed by atoms with van der Waals surface area (Å²) >= 11 is 0. The first-order valence-electron chi connectivity index (χ1n) is 9.82. The topological polar surface area (TPSA) is 73.7 Å². The number of aliphatic hydroxyl groups excluding tert-OH is 1. The number of hydrogen-bond donors (Lipinski definition) is 1. The molecule has 2 atom stereocenters. The van der Waals surface area contributed by atoms with Gasteiger partial charge in [-0.15, -0.1) is 0 Å². The minimum Gasteiger partial charge on any atom is -0.387 e. The molecule has 1 aliphatic heterocycles. The molecule has 0 aliphatic carbocycles. The van der Waals surface area contributed by atoms with E-state index >= 15 is 0 Å². The Hall–Kier alpha value is -2.74. The number of pyridine rings is 1. The average molecular weight is 424 g/mol. The van der Waals surface area contributed by atoms with Gasteiger partial charge in [0.05, 0.1) is 17.0 Å². The largest absolute Gasteiger partial charge is 0.387 e. The summed E-state index contributed by atoms with van der Waals surface area (Å²) in [6.07, 6.45) is 2.78. The minimum absolute atomic E-state index is 0.172. The standard InChI is InChI=1S/C23H25N3O3S/c1-25(2)19-9-7-17(8-10-19)15-21-23(27)20-5-3-4-6-22(20)30(28,29)26(21)16-18-11-13-24-14-12-18/h3-14,21,23,27H,15-16H2,1-2H3/t21-,23-/m0/s1. The molecule has 0 bridgehead atoms. The Morgan fingerprint density at radius 1 is 0.967 bits per heavy atom. The lowest BCUT2D eigenvalue weighted by Crippen LogP contribution is -2.48. The zero-order valence-corrected chi connectivity index (χ0v) is 17.8. The first kappa shape index (κ1) is 20.5. The Bertz CT molecular complexity index is 1120. The van der Waals surface area contributed by atoms with Gasteiger partial charge < -0.3 is 10.0 Å². The number of rotatable bonds is 5. The number of benzene rings is 2. The predicted octanol–water partition coefficient (Wildman–Crippen LogP) is 3.00. The lowest BCUT2D eigenvalue weighted by Gasteiger charge is -2.39. The summed E-state index contributed by atoms with van der Waals surface area (Å²) in [5.74, 6) is 0. The van der Waals surface area contributed by atoms with Crippen molar-refractivity contribution in [3.8, 4) is 0 Å². The van der Waals surface area contributed by atoms with Crippen LogP contribution in [0.4, 0.5) is 5.69 Å². The molecule has 156 valence electrons. The molecule has 7 heteroatoms. The van der Waals surface area contributed by atoms with Crippen molar-refractivity contribution >= 4 is 15.7 Å². The first-order chi connectivity index (χ1) is 14.4. The molecule has 0 amide bonds. The Morgan fingerprint density at radius 3 is 2.30 bits per heavy atom. The first-order valence-corrected chi connectivity index (χ1v) is 11.3. The van der Waals surface area contributed by atoms with E-state index in [2.05, 4.69) is 4.98 Å². The molecule has 1 aromatic heterocycles. The van der Waals surface area contributed by atoms with E-state index in [4.69, 9.17) is 0 Å². The zero-order chi connectivity index (χ0) is 21.3. The van der Waals surface area contributed by atoms with E-state index in [1.165, 1.54) is 4.31 Å². The summed E-state index contributed by atoms with van der Waals surface area (Å²) in [5, 5.41) is 11.2. The Labute approximate surface area is 177 Å². The fraction of sp³-hybridized carbons (Fsp3) is 0.261. The summed E-state index contributed by atoms with van der Waals surface area (Å²) < 4.78 is 28.4. The van der Waals surface area contributed by atoms with Crippen LogP contribution < -0.4 is 4.90 Å². The van der Waals surface area contributed by atoms with Crippen LogP contribution in [0, 0.1) is 0 Å². The molecule has 6 nitrogen and oxygen atoms in total. The number of aliphatic hydroxyl groups is 1. The molecule has 0 fully saturated rings. The lowest BCUT2D eigenvalue weighted by atomic mass is 9.95. The van der Waals surface area contributed by atoms with Gasteiger partial charge in [-0.1, -0.05) is 30.3 Å². The molecular weight excluding hydrogens is 398 g/mol. The number of anilines is 1. The molecule has 2 aromatic carbocycles. The maximum atomic E-state index is 13.5. The fourth-order valence-electron chi connectivity index (χ4n) is 3.88. The molecular formula is C23H25N3O3S. The molecule has 2 heterocycles. The second-order valence-corrected chi connectivity index (χ2v) is 9.58. The van der Waals surface area contributed by atoms with E-state index < -0.39 is 22.2 Å². The molecule has 4 rings (SSSR count). The van der Waals surface area contributed by atoms with E-state index in [9.17, 15) is 13.5 Å². The Balaban J connectivity index is 1.74. The third kappa shape index (κ3) is 3.84. The third-order valence-electron chi connectivity index (χ3n) is 5.54. The molecule has 1 N–H and O–H groups in total. The number of hydrogen-bond acceptors (Lipinski definition) is 5. The van der Waals surface area contributed by atoms with Gasteiger partial charge in [0.15, 0.2) is 0 Å². The van der Waals surface area contributed by atoms with Gasteiger partial charge in [0, 0.05) is 44.3 Å². The highest BCUT2D eigenvalue weighted by molar-refractivity contribution is 7.89. The molecule has 0 spiro atoms. The molecule has 30 heavy (non-hydrogen) atoms. The van der Waals surface area contributed by atoms with E-state index in [0.717, 1.165) is 16.8 Å². The van der Waals surface area contributed by atoms with Crippen LogP contribution in [0.5, 0.6) is 0 Å². The highest BCUT2D eigenvalue weighted by Gasteiger charge is 2.43. The summed E-state index contributed by atoms with van der Waals surface area (Å²) in [4.78, 5) is 6.20. The van der Waals surface area contributed by atoms with Crippen molar-refractivity contribution in [3.05, 3.63) is 89.7 Å². The fourth-order valence-corrected chi connectivity index (χ4v) is 5.74. The summed E-state index contributed by atoms with van der Waals surface area (Å²) in [6, 6.07) is 17.7. The van der Waals surface area contributed by atoms with Crippen LogP contribution in [0.15, 0.2) is 78.0 Å².